The molecule has 2 rings (SSSR count). The van der Waals surface area contributed by atoms with E-state index in [0.29, 0.717) is 11.4 Å². The molecule has 0 atom stereocenters. The number of hydrogen-bond acceptors (Lipinski definition) is 2. The van der Waals surface area contributed by atoms with Gasteiger partial charge in [0.2, 0.25) is 0 Å². The highest BCUT2D eigenvalue weighted by Gasteiger charge is 2.04. The van der Waals surface area contributed by atoms with Crippen molar-refractivity contribution in [2.75, 3.05) is 0 Å². The van der Waals surface area contributed by atoms with Crippen molar-refractivity contribution in [2.24, 2.45) is 10.2 Å². The standard InChI is InChI=1S/C18H20N6/c1-13-7-9-17(21-23-19)15(11-13)5-3-4-6-16-12-14(2)8-10-18(16)22-24-20/h7-12H,3-6H2,1-2H3. The predicted octanol–water partition coefficient (Wildman–Crippen LogP) is 6.75. The molecule has 0 saturated heterocycles. The lowest BCUT2D eigenvalue weighted by Crippen LogP contribution is -1.92. The molecule has 0 aromatic heterocycles. The van der Waals surface area contributed by atoms with Crippen molar-refractivity contribution in [1.29, 1.82) is 0 Å². The lowest BCUT2D eigenvalue weighted by atomic mass is 9.99. The quantitative estimate of drug-likeness (QED) is 0.233. The Morgan fingerprint density at radius 2 is 1.17 bits per heavy atom. The van der Waals surface area contributed by atoms with Crippen LogP contribution >= 0.6 is 0 Å². The van der Waals surface area contributed by atoms with E-state index in [-0.39, 0.29) is 0 Å². The van der Waals surface area contributed by atoms with E-state index in [1.165, 1.54) is 0 Å². The van der Waals surface area contributed by atoms with E-state index in [0.717, 1.165) is 47.9 Å². The highest BCUT2D eigenvalue weighted by Crippen LogP contribution is 2.25. The smallest absolute Gasteiger partial charge is 0.0407 e. The van der Waals surface area contributed by atoms with Crippen molar-refractivity contribution < 1.29 is 0 Å². The fraction of sp³-hybridized carbons (Fsp3) is 0.333. The van der Waals surface area contributed by atoms with E-state index < -0.39 is 0 Å². The van der Waals surface area contributed by atoms with E-state index in [1.807, 2.05) is 38.1 Å². The minimum absolute atomic E-state index is 0.702. The van der Waals surface area contributed by atoms with E-state index in [1.54, 1.807) is 0 Å². The van der Waals surface area contributed by atoms with Gasteiger partial charge < -0.3 is 0 Å². The zero-order chi connectivity index (χ0) is 17.4. The number of rotatable bonds is 7. The van der Waals surface area contributed by atoms with Gasteiger partial charge in [0, 0.05) is 21.2 Å². The van der Waals surface area contributed by atoms with Gasteiger partial charge in [-0.1, -0.05) is 57.8 Å². The maximum atomic E-state index is 8.66. The van der Waals surface area contributed by atoms with Crippen LogP contribution in [0.4, 0.5) is 11.4 Å². The van der Waals surface area contributed by atoms with E-state index >= 15 is 0 Å². The third-order valence-electron chi connectivity index (χ3n) is 3.92. The molecule has 122 valence electrons. The first-order chi connectivity index (χ1) is 11.6. The average molecular weight is 320 g/mol. The van der Waals surface area contributed by atoms with Crippen LogP contribution in [0, 0.1) is 13.8 Å². The topological polar surface area (TPSA) is 97.5 Å². The Hall–Kier alpha value is -2.94. The van der Waals surface area contributed by atoms with Crippen molar-refractivity contribution in [1.82, 2.24) is 0 Å². The zero-order valence-electron chi connectivity index (χ0n) is 14.0. The van der Waals surface area contributed by atoms with Crippen LogP contribution in [0.15, 0.2) is 46.6 Å². The summed E-state index contributed by atoms with van der Waals surface area (Å²) in [4.78, 5) is 5.78. The number of unbranched alkanes of at least 4 members (excludes halogenated alkanes) is 1. The first-order valence-corrected chi connectivity index (χ1v) is 7.93. The minimum Gasteiger partial charge on any atom is -0.0605 e. The Labute approximate surface area is 141 Å². The fourth-order valence-electron chi connectivity index (χ4n) is 2.75. The van der Waals surface area contributed by atoms with Crippen LogP contribution in [-0.2, 0) is 12.8 Å². The molecule has 0 bridgehead atoms. The van der Waals surface area contributed by atoms with Gasteiger partial charge >= 0.3 is 0 Å². The molecule has 2 aromatic carbocycles. The molecule has 0 aliphatic heterocycles. The summed E-state index contributed by atoms with van der Waals surface area (Å²) in [5.74, 6) is 0. The molecule has 6 nitrogen and oxygen atoms in total. The molecule has 0 saturated carbocycles. The molecular weight excluding hydrogens is 300 g/mol. The van der Waals surface area contributed by atoms with Crippen molar-refractivity contribution in [2.45, 2.75) is 39.5 Å². The number of hydrogen-bond donors (Lipinski definition) is 0. The second-order valence-corrected chi connectivity index (χ2v) is 5.85. The van der Waals surface area contributed by atoms with Crippen molar-refractivity contribution in [3.8, 4) is 0 Å². The van der Waals surface area contributed by atoms with Crippen LogP contribution in [0.2, 0.25) is 0 Å². The Balaban J connectivity index is 2.01. The molecule has 0 amide bonds. The summed E-state index contributed by atoms with van der Waals surface area (Å²) in [6, 6.07) is 11.8. The van der Waals surface area contributed by atoms with Gasteiger partial charge in [0.25, 0.3) is 0 Å². The van der Waals surface area contributed by atoms with Gasteiger partial charge in [-0.3, -0.25) is 0 Å². The number of nitrogens with zero attached hydrogens (tertiary/aromatic N) is 6. The molecule has 0 heterocycles. The molecule has 2 aromatic rings. The van der Waals surface area contributed by atoms with Crippen LogP contribution in [0.3, 0.4) is 0 Å². The van der Waals surface area contributed by atoms with Gasteiger partial charge in [-0.15, -0.1) is 0 Å². The van der Waals surface area contributed by atoms with Crippen molar-refractivity contribution in [3.05, 3.63) is 79.5 Å². The molecule has 6 heteroatoms. The van der Waals surface area contributed by atoms with Crippen molar-refractivity contribution >= 4 is 11.4 Å². The summed E-state index contributed by atoms with van der Waals surface area (Å²) < 4.78 is 0. The molecule has 0 aliphatic carbocycles. The summed E-state index contributed by atoms with van der Waals surface area (Å²) in [5, 5.41) is 7.52. The number of aryl methyl sites for hydroxylation is 4. The summed E-state index contributed by atoms with van der Waals surface area (Å²) in [5.41, 5.74) is 23.2. The van der Waals surface area contributed by atoms with E-state index in [2.05, 4.69) is 32.2 Å². The van der Waals surface area contributed by atoms with Crippen LogP contribution in [0.5, 0.6) is 0 Å². The van der Waals surface area contributed by atoms with Gasteiger partial charge in [0.15, 0.2) is 0 Å². The first kappa shape index (κ1) is 17.4. The Kier molecular flexibility index (Phi) is 6.26. The maximum Gasteiger partial charge on any atom is 0.0407 e. The molecule has 24 heavy (non-hydrogen) atoms. The fourth-order valence-corrected chi connectivity index (χ4v) is 2.75. The molecule has 0 N–H and O–H groups in total. The monoisotopic (exact) mass is 320 g/mol. The third-order valence-corrected chi connectivity index (χ3v) is 3.92. The molecule has 0 radical (unpaired) electrons. The Bertz CT molecular complexity index is 745. The van der Waals surface area contributed by atoms with Gasteiger partial charge in [0.05, 0.1) is 0 Å². The number of benzene rings is 2. The van der Waals surface area contributed by atoms with Crippen LogP contribution in [0.1, 0.15) is 35.1 Å². The largest absolute Gasteiger partial charge is 0.0605 e. The summed E-state index contributed by atoms with van der Waals surface area (Å²) in [7, 11) is 0. The van der Waals surface area contributed by atoms with Crippen LogP contribution in [-0.4, -0.2) is 0 Å². The second-order valence-electron chi connectivity index (χ2n) is 5.85. The second kappa shape index (κ2) is 8.63. The summed E-state index contributed by atoms with van der Waals surface area (Å²) >= 11 is 0. The van der Waals surface area contributed by atoms with Gasteiger partial charge in [-0.25, -0.2) is 0 Å². The third kappa shape index (κ3) is 4.78. The molecule has 0 fully saturated rings. The SMILES string of the molecule is Cc1ccc(N=[N+]=[N-])c(CCCCc2cc(C)ccc2N=[N+]=[N-])c1. The van der Waals surface area contributed by atoms with Gasteiger partial charge in [-0.05, 0) is 61.7 Å². The van der Waals surface area contributed by atoms with Gasteiger partial charge in [0.1, 0.15) is 0 Å². The van der Waals surface area contributed by atoms with E-state index in [4.69, 9.17) is 11.1 Å². The Morgan fingerprint density at radius 1 is 0.750 bits per heavy atom. The van der Waals surface area contributed by atoms with Crippen LogP contribution < -0.4 is 0 Å². The molecule has 0 aliphatic rings. The lowest BCUT2D eigenvalue weighted by molar-refractivity contribution is 0.734. The lowest BCUT2D eigenvalue weighted by Gasteiger charge is -2.09. The van der Waals surface area contributed by atoms with E-state index in [9.17, 15) is 0 Å². The predicted molar refractivity (Wildman–Crippen MR) is 96.6 cm³/mol. The summed E-state index contributed by atoms with van der Waals surface area (Å²) in [6.07, 6.45) is 3.67. The number of azide groups is 2. The minimum atomic E-state index is 0.702. The normalized spacial score (nSPS) is 9.92. The Morgan fingerprint density at radius 3 is 1.54 bits per heavy atom. The first-order valence-electron chi connectivity index (χ1n) is 7.93. The average Bonchev–Trinajstić information content (AvgIpc) is 2.56. The highest BCUT2D eigenvalue weighted by atomic mass is 15.1. The van der Waals surface area contributed by atoms with Crippen LogP contribution in [0.25, 0.3) is 20.9 Å². The zero-order valence-corrected chi connectivity index (χ0v) is 14.0. The van der Waals surface area contributed by atoms with Gasteiger partial charge in [-0.2, -0.15) is 0 Å². The molecular formula is C18H20N6. The molecule has 0 unspecified atom stereocenters. The summed E-state index contributed by atoms with van der Waals surface area (Å²) in [6.45, 7) is 4.06. The molecule has 0 spiro atoms. The highest BCUT2D eigenvalue weighted by molar-refractivity contribution is 5.48. The van der Waals surface area contributed by atoms with Crippen molar-refractivity contribution in [3.63, 3.8) is 0 Å². The maximum absolute atomic E-state index is 8.66.